The van der Waals surface area contributed by atoms with Crippen LogP contribution in [0.25, 0.3) is 5.69 Å². The van der Waals surface area contributed by atoms with E-state index in [0.29, 0.717) is 22.8 Å². The summed E-state index contributed by atoms with van der Waals surface area (Å²) in [5.41, 5.74) is 4.45. The largest absolute Gasteiger partial charge is 0.539 e. The number of hydrogen-bond donors (Lipinski definition) is 0. The molecule has 0 N–H and O–H groups in total. The number of benzene rings is 3. The van der Waals surface area contributed by atoms with Crippen molar-refractivity contribution in [2.75, 3.05) is 18.8 Å². The maximum Gasteiger partial charge on any atom is 0.287 e. The summed E-state index contributed by atoms with van der Waals surface area (Å²) in [4.78, 5) is 7.16. The number of anilines is 1. The summed E-state index contributed by atoms with van der Waals surface area (Å²) in [6.07, 6.45) is 0. The van der Waals surface area contributed by atoms with E-state index < -0.39 is 5.95 Å². The van der Waals surface area contributed by atoms with Crippen molar-refractivity contribution in [3.05, 3.63) is 78.0 Å². The second kappa shape index (κ2) is 6.98. The fourth-order valence-electron chi connectivity index (χ4n) is 4.78. The molecule has 7 rings (SSSR count). The van der Waals surface area contributed by atoms with E-state index in [9.17, 15) is 5.11 Å². The summed E-state index contributed by atoms with van der Waals surface area (Å²) in [6, 6.07) is 20.9. The van der Waals surface area contributed by atoms with Crippen molar-refractivity contribution in [2.45, 2.75) is 12.1 Å². The fraction of sp³-hybridized carbons (Fsp3) is 0.160. The molecule has 4 heterocycles. The lowest BCUT2D eigenvalue weighted by Crippen LogP contribution is -2.41. The number of hydrogen-bond acceptors (Lipinski definition) is 8. The van der Waals surface area contributed by atoms with E-state index in [2.05, 4.69) is 10.2 Å². The van der Waals surface area contributed by atoms with Crippen molar-refractivity contribution in [1.29, 1.82) is 0 Å². The molecule has 0 spiro atoms. The molecule has 1 saturated heterocycles. The van der Waals surface area contributed by atoms with E-state index in [0.717, 1.165) is 28.4 Å². The van der Waals surface area contributed by atoms with Crippen LogP contribution in [0.4, 0.5) is 11.4 Å². The van der Waals surface area contributed by atoms with E-state index in [4.69, 9.17) is 23.7 Å². The number of para-hydroxylation sites is 2. The monoisotopic (exact) mass is 454 g/mol. The number of nitrogens with zero attached hydrogens (tertiary/aromatic N) is 4. The number of aliphatic imine (C=N–C) groups is 1. The molecular weight excluding hydrogens is 436 g/mol. The van der Waals surface area contributed by atoms with Crippen LogP contribution in [0.2, 0.25) is 0 Å². The van der Waals surface area contributed by atoms with Gasteiger partial charge in [-0.3, -0.25) is 0 Å². The van der Waals surface area contributed by atoms with Crippen LogP contribution in [0, 0.1) is 0 Å². The van der Waals surface area contributed by atoms with Crippen LogP contribution in [-0.4, -0.2) is 30.9 Å². The predicted octanol–water partition coefficient (Wildman–Crippen LogP) is 2.83. The molecule has 2 unspecified atom stereocenters. The quantitative estimate of drug-likeness (QED) is 0.346. The van der Waals surface area contributed by atoms with E-state index >= 15 is 0 Å². The summed E-state index contributed by atoms with van der Waals surface area (Å²) in [6.45, 7) is 0.216. The minimum absolute atomic E-state index is 0.0180. The number of aromatic nitrogens is 2. The first kappa shape index (κ1) is 19.0. The Labute approximate surface area is 194 Å². The summed E-state index contributed by atoms with van der Waals surface area (Å²) in [5.74, 6) is 1.62. The van der Waals surface area contributed by atoms with Gasteiger partial charge in [0.05, 0.1) is 29.8 Å². The highest BCUT2D eigenvalue weighted by Crippen LogP contribution is 2.55. The first-order valence-corrected chi connectivity index (χ1v) is 10.8. The van der Waals surface area contributed by atoms with Gasteiger partial charge in [0.1, 0.15) is 17.5 Å². The Bertz CT molecular complexity index is 1460. The van der Waals surface area contributed by atoms with Gasteiger partial charge in [-0.25, -0.2) is 4.99 Å². The minimum atomic E-state index is -0.537. The van der Waals surface area contributed by atoms with Crippen molar-refractivity contribution >= 4 is 17.1 Å². The molecule has 1 aromatic heterocycles. The van der Waals surface area contributed by atoms with Crippen molar-refractivity contribution in [3.8, 4) is 28.9 Å². The molecule has 9 heteroatoms. The number of fused-ring (bicyclic) bond motifs is 4. The highest BCUT2D eigenvalue weighted by atomic mass is 16.7. The molecule has 3 aliphatic rings. The van der Waals surface area contributed by atoms with Crippen molar-refractivity contribution in [2.24, 2.45) is 4.99 Å². The molecule has 4 aromatic rings. The van der Waals surface area contributed by atoms with Crippen LogP contribution < -0.4 is 28.9 Å². The third-order valence-corrected chi connectivity index (χ3v) is 6.40. The van der Waals surface area contributed by atoms with Gasteiger partial charge < -0.3 is 28.7 Å². The van der Waals surface area contributed by atoms with Crippen LogP contribution in [0.1, 0.15) is 17.3 Å². The third kappa shape index (κ3) is 2.70. The van der Waals surface area contributed by atoms with Gasteiger partial charge in [-0.1, -0.05) is 18.2 Å². The Balaban J connectivity index is 1.36. The average molecular weight is 454 g/mol. The van der Waals surface area contributed by atoms with Crippen LogP contribution in [0.15, 0.2) is 76.2 Å². The first-order chi connectivity index (χ1) is 16.7. The lowest BCUT2D eigenvalue weighted by molar-refractivity contribution is -0.671. The zero-order valence-corrected chi connectivity index (χ0v) is 18.0. The lowest BCUT2D eigenvalue weighted by Gasteiger charge is -2.15. The topological polar surface area (TPSA) is 96.0 Å². The highest BCUT2D eigenvalue weighted by Gasteiger charge is 2.57. The van der Waals surface area contributed by atoms with Gasteiger partial charge in [-0.15, -0.1) is 0 Å². The molecule has 1 fully saturated rings. The zero-order valence-electron chi connectivity index (χ0n) is 18.0. The van der Waals surface area contributed by atoms with E-state index in [1.54, 1.807) is 7.11 Å². The minimum Gasteiger partial charge on any atom is -0.539 e. The molecule has 0 amide bonds. The van der Waals surface area contributed by atoms with Crippen LogP contribution in [-0.2, 0) is 0 Å². The van der Waals surface area contributed by atoms with Crippen LogP contribution in [0.3, 0.4) is 0 Å². The fourth-order valence-corrected chi connectivity index (χ4v) is 4.78. The Morgan fingerprint density at radius 1 is 1.00 bits per heavy atom. The number of methoxy groups -OCH3 is 1. The Morgan fingerprint density at radius 3 is 2.68 bits per heavy atom. The molecule has 34 heavy (non-hydrogen) atoms. The standard InChI is InChI=1S/C25H18N4O5/c1-31-16-9-7-15(8-10-16)29-24(25(30)34-27-29)21-23-22(14-6-11-19-20(12-14)33-13-32-19)28(23)18-5-3-2-4-17(18)26-21/h2-12,22-23H,13H2,1H3. The zero-order chi connectivity index (χ0) is 22.8. The smallest absolute Gasteiger partial charge is 0.287 e. The molecule has 2 atom stereocenters. The molecule has 0 saturated carbocycles. The van der Waals surface area contributed by atoms with Crippen molar-refractivity contribution < 1.29 is 28.5 Å². The first-order valence-electron chi connectivity index (χ1n) is 10.8. The molecule has 168 valence electrons. The van der Waals surface area contributed by atoms with E-state index in [-0.39, 0.29) is 18.9 Å². The van der Waals surface area contributed by atoms with E-state index in [1.165, 1.54) is 4.68 Å². The second-order valence-corrected chi connectivity index (χ2v) is 8.21. The van der Waals surface area contributed by atoms with Gasteiger partial charge in [0.2, 0.25) is 12.5 Å². The average Bonchev–Trinajstić information content (AvgIpc) is 3.24. The Kier molecular flexibility index (Phi) is 3.90. The molecule has 3 aliphatic heterocycles. The van der Waals surface area contributed by atoms with Gasteiger partial charge in [-0.2, -0.15) is 0 Å². The summed E-state index contributed by atoms with van der Waals surface area (Å²) >= 11 is 0. The third-order valence-electron chi connectivity index (χ3n) is 6.40. The molecule has 9 nitrogen and oxygen atoms in total. The Morgan fingerprint density at radius 2 is 1.82 bits per heavy atom. The van der Waals surface area contributed by atoms with Crippen molar-refractivity contribution in [1.82, 2.24) is 5.27 Å². The maximum absolute atomic E-state index is 12.9. The predicted molar refractivity (Wildman–Crippen MR) is 118 cm³/mol. The van der Waals surface area contributed by atoms with Gasteiger partial charge in [0.15, 0.2) is 17.4 Å². The number of ether oxygens (including phenoxy) is 3. The molecular formula is C25H18N4O5. The summed E-state index contributed by atoms with van der Waals surface area (Å²) in [7, 11) is 1.60. The SMILES string of the molecule is COc1ccc(-[n+]2noc([O-])c2C2=Nc3ccccc3N3C2C3c2ccc3c(c2)OCO3)cc1. The molecule has 3 aromatic carbocycles. The second-order valence-electron chi connectivity index (χ2n) is 8.21. The normalized spacial score (nSPS) is 19.3. The maximum atomic E-state index is 12.9. The summed E-state index contributed by atoms with van der Waals surface area (Å²) in [5, 5.41) is 16.9. The van der Waals surface area contributed by atoms with Gasteiger partial charge >= 0.3 is 0 Å². The van der Waals surface area contributed by atoms with Gasteiger partial charge in [0, 0.05) is 12.1 Å². The molecule has 0 aliphatic carbocycles. The van der Waals surface area contributed by atoms with Crippen molar-refractivity contribution in [3.63, 3.8) is 0 Å². The van der Waals surface area contributed by atoms with Crippen LogP contribution in [0.5, 0.6) is 23.2 Å². The number of rotatable bonds is 4. The summed E-state index contributed by atoms with van der Waals surface area (Å²) < 4.78 is 22.9. The van der Waals surface area contributed by atoms with Crippen LogP contribution >= 0.6 is 0 Å². The van der Waals surface area contributed by atoms with E-state index in [1.807, 2.05) is 66.7 Å². The Hall–Kier alpha value is -4.53. The highest BCUT2D eigenvalue weighted by molar-refractivity contribution is 6.13. The molecule has 0 radical (unpaired) electrons. The lowest BCUT2D eigenvalue weighted by atomic mass is 10.0. The van der Waals surface area contributed by atoms with Gasteiger partial charge in [-0.05, 0) is 46.6 Å². The molecule has 0 bridgehead atoms. The van der Waals surface area contributed by atoms with Gasteiger partial charge in [0.25, 0.3) is 5.69 Å².